The van der Waals surface area contributed by atoms with Crippen LogP contribution in [0.3, 0.4) is 0 Å². The van der Waals surface area contributed by atoms with Gasteiger partial charge in [-0.2, -0.15) is 0 Å². The monoisotopic (exact) mass is 540 g/mol. The smallest absolute Gasteiger partial charge is 0.236 e. The van der Waals surface area contributed by atoms with Crippen molar-refractivity contribution in [2.24, 2.45) is 5.41 Å². The lowest BCUT2D eigenvalue weighted by atomic mass is 9.77. The summed E-state index contributed by atoms with van der Waals surface area (Å²) >= 11 is 6.18. The number of rotatable bonds is 10. The predicted molar refractivity (Wildman–Crippen MR) is 151 cm³/mol. The van der Waals surface area contributed by atoms with Crippen molar-refractivity contribution in [1.29, 1.82) is 0 Å². The van der Waals surface area contributed by atoms with Crippen molar-refractivity contribution in [3.8, 4) is 5.75 Å². The molecule has 0 bridgehead atoms. The van der Waals surface area contributed by atoms with Gasteiger partial charge in [0.1, 0.15) is 5.75 Å². The first-order valence-corrected chi connectivity index (χ1v) is 14.1. The zero-order valence-corrected chi connectivity index (χ0v) is 23.5. The molecule has 2 fully saturated rings. The van der Waals surface area contributed by atoms with Crippen LogP contribution in [0, 0.1) is 5.41 Å². The lowest BCUT2D eigenvalue weighted by molar-refractivity contribution is -0.142. The molecule has 38 heavy (non-hydrogen) atoms. The average Bonchev–Trinajstić information content (AvgIpc) is 2.93. The second kappa shape index (κ2) is 13.5. The molecular formula is C30H41ClN4O3. The molecule has 0 spiro atoms. The fourth-order valence-electron chi connectivity index (χ4n) is 5.48. The van der Waals surface area contributed by atoms with Crippen LogP contribution >= 0.6 is 11.6 Å². The third kappa shape index (κ3) is 7.95. The summed E-state index contributed by atoms with van der Waals surface area (Å²) in [7, 11) is 1.85. The lowest BCUT2D eigenvalue weighted by Gasteiger charge is -2.43. The summed E-state index contributed by atoms with van der Waals surface area (Å²) < 4.78 is 6.22. The summed E-state index contributed by atoms with van der Waals surface area (Å²) in [4.78, 5) is 35.3. The number of piperazine rings is 1. The maximum atomic E-state index is 13.5. The van der Waals surface area contributed by atoms with Crippen molar-refractivity contribution < 1.29 is 14.3 Å². The molecule has 206 valence electrons. The van der Waals surface area contributed by atoms with Crippen LogP contribution in [0.15, 0.2) is 54.6 Å². The molecule has 7 nitrogen and oxygen atoms in total. The zero-order chi connectivity index (χ0) is 27.0. The standard InChI is InChI=1S/C30H41ClN4O3/c1-3-33-15-17-34(18-16-33)22-29(37)35-14-8-13-30(23-35,24-38-27-12-7-11-26(31)19-27)20-28(36)32(2)21-25-9-5-4-6-10-25/h4-7,9-12,19H,3,8,13-18,20-24H2,1-2H3/t30-/m1/s1. The maximum absolute atomic E-state index is 13.5. The van der Waals surface area contributed by atoms with Gasteiger partial charge in [0.15, 0.2) is 0 Å². The SMILES string of the molecule is CCN1CCN(CC(=O)N2CCC[C@@](COc3cccc(Cl)c3)(CC(=O)N(C)Cc3ccccc3)C2)CC1. The number of likely N-dealkylation sites (tertiary alicyclic amines) is 1. The minimum atomic E-state index is -0.459. The Bertz CT molecular complexity index is 1060. The van der Waals surface area contributed by atoms with E-state index in [0.29, 0.717) is 43.4 Å². The van der Waals surface area contributed by atoms with Crippen molar-refractivity contribution in [2.75, 3.05) is 66.0 Å². The van der Waals surface area contributed by atoms with Crippen LogP contribution in [0.5, 0.6) is 5.75 Å². The maximum Gasteiger partial charge on any atom is 0.236 e. The molecule has 2 heterocycles. The first-order chi connectivity index (χ1) is 18.4. The Hall–Kier alpha value is -2.61. The third-order valence-electron chi connectivity index (χ3n) is 7.84. The molecule has 4 rings (SSSR count). The Balaban J connectivity index is 1.44. The molecule has 8 heteroatoms. The van der Waals surface area contributed by atoms with Crippen LogP contribution in [0.4, 0.5) is 0 Å². The summed E-state index contributed by atoms with van der Waals surface area (Å²) in [5, 5.41) is 0.610. The van der Waals surface area contributed by atoms with E-state index in [0.717, 1.165) is 57.7 Å². The number of hydrogen-bond acceptors (Lipinski definition) is 5. The first kappa shape index (κ1) is 28.4. The van der Waals surface area contributed by atoms with Crippen LogP contribution in [-0.4, -0.2) is 97.4 Å². The molecule has 2 aliphatic heterocycles. The Morgan fingerprint density at radius 2 is 1.74 bits per heavy atom. The number of carbonyl (C=O) groups is 2. The number of nitrogens with zero attached hydrogens (tertiary/aromatic N) is 4. The van der Waals surface area contributed by atoms with Crippen LogP contribution < -0.4 is 4.74 Å². The summed E-state index contributed by atoms with van der Waals surface area (Å²) in [6.07, 6.45) is 2.01. The Morgan fingerprint density at radius 1 is 1.00 bits per heavy atom. The van der Waals surface area contributed by atoms with E-state index < -0.39 is 5.41 Å². The Kier molecular flexibility index (Phi) is 10.1. The summed E-state index contributed by atoms with van der Waals surface area (Å²) in [6.45, 7) is 9.66. The van der Waals surface area contributed by atoms with Crippen LogP contribution in [0.1, 0.15) is 31.7 Å². The molecule has 0 aromatic heterocycles. The number of piperidine rings is 1. The predicted octanol–water partition coefficient (Wildman–Crippen LogP) is 4.01. The molecule has 0 aliphatic carbocycles. The van der Waals surface area contributed by atoms with Gasteiger partial charge in [-0.15, -0.1) is 0 Å². The van der Waals surface area contributed by atoms with Gasteiger partial charge in [-0.05, 0) is 43.1 Å². The van der Waals surface area contributed by atoms with E-state index in [-0.39, 0.29) is 11.8 Å². The van der Waals surface area contributed by atoms with Crippen molar-refractivity contribution in [2.45, 2.75) is 32.7 Å². The quantitative estimate of drug-likeness (QED) is 0.456. The number of carbonyl (C=O) groups excluding carboxylic acids is 2. The highest BCUT2D eigenvalue weighted by Crippen LogP contribution is 2.36. The van der Waals surface area contributed by atoms with E-state index in [9.17, 15) is 9.59 Å². The molecule has 0 N–H and O–H groups in total. The van der Waals surface area contributed by atoms with Crippen molar-refractivity contribution in [1.82, 2.24) is 19.6 Å². The van der Waals surface area contributed by atoms with Gasteiger partial charge >= 0.3 is 0 Å². The zero-order valence-electron chi connectivity index (χ0n) is 22.8. The van der Waals surface area contributed by atoms with Crippen LogP contribution in [0.25, 0.3) is 0 Å². The van der Waals surface area contributed by atoms with Gasteiger partial charge in [-0.25, -0.2) is 0 Å². The van der Waals surface area contributed by atoms with Gasteiger partial charge < -0.3 is 19.4 Å². The van der Waals surface area contributed by atoms with E-state index in [1.54, 1.807) is 11.0 Å². The molecule has 0 saturated carbocycles. The summed E-state index contributed by atoms with van der Waals surface area (Å²) in [5.74, 6) is 0.889. The number of amides is 2. The Labute approximate surface area is 232 Å². The van der Waals surface area contributed by atoms with Gasteiger partial charge in [0.25, 0.3) is 0 Å². The molecule has 2 aromatic carbocycles. The molecule has 2 saturated heterocycles. The molecule has 2 aliphatic rings. The fourth-order valence-corrected chi connectivity index (χ4v) is 5.66. The third-order valence-corrected chi connectivity index (χ3v) is 8.08. The van der Waals surface area contributed by atoms with Gasteiger partial charge in [-0.3, -0.25) is 14.5 Å². The average molecular weight is 541 g/mol. The lowest BCUT2D eigenvalue weighted by Crippen LogP contribution is -2.54. The number of halogens is 1. The highest BCUT2D eigenvalue weighted by Gasteiger charge is 2.41. The van der Waals surface area contributed by atoms with Crippen molar-refractivity contribution >= 4 is 23.4 Å². The second-order valence-electron chi connectivity index (χ2n) is 10.8. The van der Waals surface area contributed by atoms with E-state index in [2.05, 4.69) is 16.7 Å². The molecule has 1 atom stereocenters. The van der Waals surface area contributed by atoms with Crippen LogP contribution in [0.2, 0.25) is 5.02 Å². The second-order valence-corrected chi connectivity index (χ2v) is 11.2. The highest BCUT2D eigenvalue weighted by molar-refractivity contribution is 6.30. The number of likely N-dealkylation sites (N-methyl/N-ethyl adjacent to an activating group) is 1. The number of benzene rings is 2. The minimum absolute atomic E-state index is 0.0635. The molecule has 0 unspecified atom stereocenters. The molecule has 2 amide bonds. The van der Waals surface area contributed by atoms with Crippen LogP contribution in [-0.2, 0) is 16.1 Å². The fraction of sp³-hybridized carbons (Fsp3) is 0.533. The number of ether oxygens (including phenoxy) is 1. The normalized spacial score (nSPS) is 20.8. The van der Waals surface area contributed by atoms with Crippen molar-refractivity contribution in [3.63, 3.8) is 0 Å². The number of hydrogen-bond donors (Lipinski definition) is 0. The largest absolute Gasteiger partial charge is 0.493 e. The van der Waals surface area contributed by atoms with Gasteiger partial charge in [0.05, 0.1) is 13.2 Å². The van der Waals surface area contributed by atoms with Crippen molar-refractivity contribution in [3.05, 3.63) is 65.2 Å². The van der Waals surface area contributed by atoms with E-state index >= 15 is 0 Å². The summed E-state index contributed by atoms with van der Waals surface area (Å²) in [5.41, 5.74) is 0.635. The first-order valence-electron chi connectivity index (χ1n) is 13.7. The van der Waals surface area contributed by atoms with Gasteiger partial charge in [-0.1, -0.05) is 54.9 Å². The van der Waals surface area contributed by atoms with E-state index in [1.165, 1.54) is 0 Å². The molecule has 0 radical (unpaired) electrons. The minimum Gasteiger partial charge on any atom is -0.493 e. The van der Waals surface area contributed by atoms with E-state index in [1.807, 2.05) is 60.5 Å². The molecule has 2 aromatic rings. The van der Waals surface area contributed by atoms with Gasteiger partial charge in [0, 0.05) is 69.7 Å². The Morgan fingerprint density at radius 3 is 2.45 bits per heavy atom. The molecular weight excluding hydrogens is 500 g/mol. The highest BCUT2D eigenvalue weighted by atomic mass is 35.5. The van der Waals surface area contributed by atoms with Gasteiger partial charge in [0.2, 0.25) is 11.8 Å². The topological polar surface area (TPSA) is 56.3 Å². The summed E-state index contributed by atoms with van der Waals surface area (Å²) in [6, 6.07) is 17.4. The van der Waals surface area contributed by atoms with E-state index in [4.69, 9.17) is 16.3 Å².